The second-order valence-corrected chi connectivity index (χ2v) is 8.53. The normalized spacial score (nSPS) is 15.4. The van der Waals surface area contributed by atoms with Crippen LogP contribution in [0, 0.1) is 13.8 Å². The van der Waals surface area contributed by atoms with Crippen molar-refractivity contribution in [2.24, 2.45) is 0 Å². The number of carbonyl (C=O) groups is 1. The first-order chi connectivity index (χ1) is 13.3. The second-order valence-electron chi connectivity index (χ2n) is 6.88. The number of benzene rings is 2. The summed E-state index contributed by atoms with van der Waals surface area (Å²) in [6.07, 6.45) is 0.846. The molecule has 1 amide bonds. The van der Waals surface area contributed by atoms with Gasteiger partial charge in [-0.15, -0.1) is 0 Å². The van der Waals surface area contributed by atoms with Gasteiger partial charge in [-0.2, -0.15) is 0 Å². The standard InChI is InChI=1S/C20H25N3O4S/c1-13-4-6-16(10-14(13)2)23-28(25,26)19-11-15-5-7-20(24)22-17(15)12-18(19)21-8-9-27-3/h4,6,10-12H,5,7-9H2,1-3H3,(H3-,21,22,23,24,25,26). The third-order valence-electron chi connectivity index (χ3n) is 4.77. The molecule has 1 heterocycles. The topological polar surface area (TPSA) is 103 Å². The molecular weight excluding hydrogens is 378 g/mol. The summed E-state index contributed by atoms with van der Waals surface area (Å²) in [5.74, 6) is -0.0702. The Kier molecular flexibility index (Phi) is 6.02. The number of rotatable bonds is 7. The minimum absolute atomic E-state index is 0.0702. The first kappa shape index (κ1) is 20.3. The molecule has 1 atom stereocenters. The number of nitrogens with one attached hydrogen (secondary N) is 3. The monoisotopic (exact) mass is 403 g/mol. The van der Waals surface area contributed by atoms with Crippen LogP contribution >= 0.6 is 0 Å². The predicted molar refractivity (Wildman–Crippen MR) is 110 cm³/mol. The van der Waals surface area contributed by atoms with E-state index in [0.29, 0.717) is 43.1 Å². The molecule has 28 heavy (non-hydrogen) atoms. The highest BCUT2D eigenvalue weighted by molar-refractivity contribution is 7.99. The average molecular weight is 404 g/mol. The number of fused-ring (bicyclic) bond motifs is 1. The molecule has 150 valence electrons. The summed E-state index contributed by atoms with van der Waals surface area (Å²) in [4.78, 5) is 11.8. The fourth-order valence-corrected chi connectivity index (χ4v) is 4.33. The number of amides is 1. The average Bonchev–Trinajstić information content (AvgIpc) is 2.64. The van der Waals surface area contributed by atoms with Crippen LogP contribution < -0.4 is 15.4 Å². The molecule has 8 heteroatoms. The zero-order valence-corrected chi connectivity index (χ0v) is 17.1. The van der Waals surface area contributed by atoms with E-state index < -0.39 is 10.4 Å². The molecule has 7 nitrogen and oxygen atoms in total. The fourth-order valence-electron chi connectivity index (χ4n) is 3.07. The molecule has 0 fully saturated rings. The molecule has 1 unspecified atom stereocenters. The molecule has 0 aliphatic carbocycles. The molecule has 3 rings (SSSR count). The summed E-state index contributed by atoms with van der Waals surface area (Å²) >= 11 is 0. The summed E-state index contributed by atoms with van der Waals surface area (Å²) in [6.45, 7) is 4.78. The number of sulfonamides is 1. The van der Waals surface area contributed by atoms with Gasteiger partial charge in [0.05, 0.1) is 18.0 Å². The molecule has 0 saturated carbocycles. The first-order valence-corrected chi connectivity index (χ1v) is 10.6. The minimum Gasteiger partial charge on any atom is -0.588 e. The van der Waals surface area contributed by atoms with Crippen LogP contribution in [0.3, 0.4) is 0 Å². The second kappa shape index (κ2) is 8.30. The quantitative estimate of drug-likeness (QED) is 0.486. The third kappa shape index (κ3) is 4.52. The molecular formula is C20H25N3O4S. The van der Waals surface area contributed by atoms with E-state index in [1.807, 2.05) is 26.0 Å². The zero-order chi connectivity index (χ0) is 20.3. The van der Waals surface area contributed by atoms with E-state index in [1.54, 1.807) is 25.3 Å². The van der Waals surface area contributed by atoms with Gasteiger partial charge in [-0.3, -0.25) is 4.79 Å². The van der Waals surface area contributed by atoms with E-state index in [-0.39, 0.29) is 10.8 Å². The number of methoxy groups -OCH3 is 1. The van der Waals surface area contributed by atoms with Crippen molar-refractivity contribution in [1.29, 1.82) is 0 Å². The summed E-state index contributed by atoms with van der Waals surface area (Å²) in [7, 11) is -2.25. The first-order valence-electron chi connectivity index (χ1n) is 9.10. The fraction of sp³-hybridized carbons (Fsp3) is 0.350. The van der Waals surface area contributed by atoms with Crippen LogP contribution in [0.15, 0.2) is 35.2 Å². The largest absolute Gasteiger partial charge is 0.588 e. The Morgan fingerprint density at radius 2 is 1.96 bits per heavy atom. The van der Waals surface area contributed by atoms with E-state index in [1.165, 1.54) is 0 Å². The van der Waals surface area contributed by atoms with Crippen molar-refractivity contribution in [1.82, 2.24) is 0 Å². The molecule has 3 N–H and O–H groups in total. The van der Waals surface area contributed by atoms with Crippen LogP contribution in [0.2, 0.25) is 0 Å². The summed E-state index contributed by atoms with van der Waals surface area (Å²) in [6, 6.07) is 8.75. The van der Waals surface area contributed by atoms with Gasteiger partial charge in [-0.05, 0) is 55.2 Å². The van der Waals surface area contributed by atoms with Crippen LogP contribution in [0.25, 0.3) is 0 Å². The Balaban J connectivity index is 1.97. The van der Waals surface area contributed by atoms with Crippen molar-refractivity contribution in [3.63, 3.8) is 0 Å². The maximum Gasteiger partial charge on any atom is 0.224 e. The van der Waals surface area contributed by atoms with Crippen molar-refractivity contribution < 1.29 is 18.3 Å². The van der Waals surface area contributed by atoms with Gasteiger partial charge in [-0.25, -0.2) is 4.72 Å². The van der Waals surface area contributed by atoms with Crippen LogP contribution in [-0.4, -0.2) is 30.7 Å². The van der Waals surface area contributed by atoms with Gasteiger partial charge in [0.15, 0.2) is 10.4 Å². The highest BCUT2D eigenvalue weighted by Gasteiger charge is 2.28. The number of carbonyl (C=O) groups excluding carboxylic acids is 1. The lowest BCUT2D eigenvalue weighted by Crippen LogP contribution is -2.25. The molecule has 1 aliphatic heterocycles. The van der Waals surface area contributed by atoms with Crippen molar-refractivity contribution in [2.75, 3.05) is 35.6 Å². The molecule has 0 bridgehead atoms. The lowest BCUT2D eigenvalue weighted by Gasteiger charge is -2.23. The SMILES string of the molecule is COCCNc1cc2c(cc1[S+](=O)([O-])Nc1ccc(C)c(C)c1)CCC(=O)N2. The third-order valence-corrected chi connectivity index (χ3v) is 6.19. The molecule has 0 radical (unpaired) electrons. The number of ether oxygens (including phenoxy) is 1. The van der Waals surface area contributed by atoms with Crippen LogP contribution in [-0.2, 0) is 30.6 Å². The number of anilines is 3. The van der Waals surface area contributed by atoms with Gasteiger partial charge in [-0.1, -0.05) is 10.3 Å². The lowest BCUT2D eigenvalue weighted by molar-refractivity contribution is -0.116. The van der Waals surface area contributed by atoms with Crippen LogP contribution in [0.4, 0.5) is 17.1 Å². The van der Waals surface area contributed by atoms with Crippen LogP contribution in [0.1, 0.15) is 23.1 Å². The minimum atomic E-state index is -3.82. The summed E-state index contributed by atoms with van der Waals surface area (Å²) in [5.41, 5.74) is 4.48. The van der Waals surface area contributed by atoms with Crippen molar-refractivity contribution in [3.8, 4) is 0 Å². The van der Waals surface area contributed by atoms with Gasteiger partial charge in [0.2, 0.25) is 10.8 Å². The maximum absolute atomic E-state index is 13.1. The molecule has 2 aromatic carbocycles. The highest BCUT2D eigenvalue weighted by atomic mass is 32.3. The number of hydrogen-bond acceptors (Lipinski definition) is 5. The van der Waals surface area contributed by atoms with Crippen molar-refractivity contribution in [3.05, 3.63) is 47.0 Å². The van der Waals surface area contributed by atoms with E-state index >= 15 is 0 Å². The smallest absolute Gasteiger partial charge is 0.224 e. The van der Waals surface area contributed by atoms with Gasteiger partial charge < -0.3 is 19.9 Å². The summed E-state index contributed by atoms with van der Waals surface area (Å²) in [5, 5.41) is 5.90. The van der Waals surface area contributed by atoms with Gasteiger partial charge in [0.25, 0.3) is 0 Å². The molecule has 0 spiro atoms. The van der Waals surface area contributed by atoms with E-state index in [9.17, 15) is 13.6 Å². The molecule has 1 aliphatic rings. The zero-order valence-electron chi connectivity index (χ0n) is 16.3. The van der Waals surface area contributed by atoms with E-state index in [2.05, 4.69) is 15.4 Å². The molecule has 2 aromatic rings. The molecule has 0 saturated heterocycles. The highest BCUT2D eigenvalue weighted by Crippen LogP contribution is 2.35. The maximum atomic E-state index is 13.1. The van der Waals surface area contributed by atoms with Crippen molar-refractivity contribution >= 4 is 33.4 Å². The number of aryl methyl sites for hydroxylation is 3. The predicted octanol–water partition coefficient (Wildman–Crippen LogP) is 3.26. The lowest BCUT2D eigenvalue weighted by atomic mass is 10.0. The van der Waals surface area contributed by atoms with Crippen LogP contribution in [0.5, 0.6) is 0 Å². The Hall–Kier alpha value is -2.42. The van der Waals surface area contributed by atoms with E-state index in [0.717, 1.165) is 16.7 Å². The Morgan fingerprint density at radius 3 is 2.68 bits per heavy atom. The Bertz CT molecular complexity index is 945. The summed E-state index contributed by atoms with van der Waals surface area (Å²) < 4.78 is 34.0. The number of hydrogen-bond donors (Lipinski definition) is 3. The Labute approximate surface area is 166 Å². The van der Waals surface area contributed by atoms with Crippen molar-refractivity contribution in [2.45, 2.75) is 31.6 Å². The Morgan fingerprint density at radius 1 is 1.18 bits per heavy atom. The van der Waals surface area contributed by atoms with Gasteiger partial charge in [0.1, 0.15) is 0 Å². The van der Waals surface area contributed by atoms with Gasteiger partial charge in [0, 0.05) is 31.8 Å². The van der Waals surface area contributed by atoms with Gasteiger partial charge >= 0.3 is 0 Å². The molecule has 0 aromatic heterocycles. The van der Waals surface area contributed by atoms with E-state index in [4.69, 9.17) is 4.74 Å².